The van der Waals surface area contributed by atoms with Gasteiger partial charge in [-0.2, -0.15) is 4.80 Å². The summed E-state index contributed by atoms with van der Waals surface area (Å²) in [4.78, 5) is 1.52. The van der Waals surface area contributed by atoms with Crippen LogP contribution in [0.15, 0.2) is 18.2 Å². The first-order valence-electron chi connectivity index (χ1n) is 5.74. The maximum Gasteiger partial charge on any atom is 0.204 e. The topological polar surface area (TPSA) is 52.8 Å². The first kappa shape index (κ1) is 12.6. The van der Waals surface area contributed by atoms with Gasteiger partial charge in [-0.05, 0) is 42.3 Å². The average molecular weight is 250 g/mol. The van der Waals surface area contributed by atoms with Crippen molar-refractivity contribution in [3.8, 4) is 11.4 Å². The number of rotatable bonds is 5. The molecule has 0 saturated carbocycles. The van der Waals surface area contributed by atoms with Gasteiger partial charge in [0.1, 0.15) is 5.82 Å². The standard InChI is InChI=1S/C12H15FN4O/c1-9-8-10(4-5-11(9)13)12-14-16-17(15-12)6-3-7-18-2/h4-5,8H,3,6-7H2,1-2H3. The van der Waals surface area contributed by atoms with Gasteiger partial charge < -0.3 is 4.74 Å². The minimum Gasteiger partial charge on any atom is -0.385 e. The molecule has 0 N–H and O–H groups in total. The van der Waals surface area contributed by atoms with Gasteiger partial charge in [0.2, 0.25) is 5.82 Å². The average Bonchev–Trinajstić information content (AvgIpc) is 2.82. The molecule has 18 heavy (non-hydrogen) atoms. The smallest absolute Gasteiger partial charge is 0.204 e. The van der Waals surface area contributed by atoms with Crippen molar-refractivity contribution < 1.29 is 9.13 Å². The second-order valence-electron chi connectivity index (χ2n) is 4.02. The molecule has 2 rings (SSSR count). The normalized spacial score (nSPS) is 10.8. The van der Waals surface area contributed by atoms with Crippen LogP contribution in [0, 0.1) is 12.7 Å². The minimum atomic E-state index is -0.230. The number of hydrogen-bond donors (Lipinski definition) is 0. The van der Waals surface area contributed by atoms with Crippen LogP contribution in [0.1, 0.15) is 12.0 Å². The van der Waals surface area contributed by atoms with E-state index in [9.17, 15) is 4.39 Å². The largest absolute Gasteiger partial charge is 0.385 e. The summed E-state index contributed by atoms with van der Waals surface area (Å²) in [6.07, 6.45) is 0.828. The Balaban J connectivity index is 2.11. The van der Waals surface area contributed by atoms with Crippen molar-refractivity contribution in [2.75, 3.05) is 13.7 Å². The number of ether oxygens (including phenoxy) is 1. The van der Waals surface area contributed by atoms with Gasteiger partial charge in [-0.3, -0.25) is 0 Å². The Morgan fingerprint density at radius 1 is 1.39 bits per heavy atom. The quantitative estimate of drug-likeness (QED) is 0.760. The Hall–Kier alpha value is -1.82. The highest BCUT2D eigenvalue weighted by atomic mass is 19.1. The third-order valence-electron chi connectivity index (χ3n) is 2.58. The van der Waals surface area contributed by atoms with Crippen LogP contribution in [-0.4, -0.2) is 33.9 Å². The molecule has 2 aromatic rings. The van der Waals surface area contributed by atoms with Crippen molar-refractivity contribution in [2.45, 2.75) is 19.9 Å². The number of methoxy groups -OCH3 is 1. The highest BCUT2D eigenvalue weighted by Gasteiger charge is 2.07. The van der Waals surface area contributed by atoms with Crippen LogP contribution in [0.5, 0.6) is 0 Å². The molecule has 0 aliphatic heterocycles. The van der Waals surface area contributed by atoms with E-state index in [0.717, 1.165) is 12.0 Å². The molecule has 1 aromatic carbocycles. The van der Waals surface area contributed by atoms with Gasteiger partial charge in [0.05, 0.1) is 6.54 Å². The van der Waals surface area contributed by atoms with E-state index in [0.29, 0.717) is 24.5 Å². The summed E-state index contributed by atoms with van der Waals surface area (Å²) in [6.45, 7) is 3.02. The summed E-state index contributed by atoms with van der Waals surface area (Å²) in [5.41, 5.74) is 1.34. The number of nitrogens with zero attached hydrogens (tertiary/aromatic N) is 4. The van der Waals surface area contributed by atoms with E-state index in [1.807, 2.05) is 0 Å². The lowest BCUT2D eigenvalue weighted by Gasteiger charge is -1.99. The SMILES string of the molecule is COCCCn1nnc(-c2ccc(F)c(C)c2)n1. The Kier molecular flexibility index (Phi) is 3.99. The van der Waals surface area contributed by atoms with Crippen LogP contribution in [0.3, 0.4) is 0 Å². The van der Waals surface area contributed by atoms with Crippen molar-refractivity contribution in [3.05, 3.63) is 29.6 Å². The molecule has 1 heterocycles. The number of aryl methyl sites for hydroxylation is 2. The lowest BCUT2D eigenvalue weighted by molar-refractivity contribution is 0.187. The van der Waals surface area contributed by atoms with Gasteiger partial charge in [0.15, 0.2) is 0 Å². The molecule has 0 atom stereocenters. The molecule has 6 heteroatoms. The van der Waals surface area contributed by atoms with Gasteiger partial charge in [-0.25, -0.2) is 4.39 Å². The predicted molar refractivity (Wildman–Crippen MR) is 64.4 cm³/mol. The number of tetrazole rings is 1. The molecule has 0 fully saturated rings. The number of hydrogen-bond acceptors (Lipinski definition) is 4. The second kappa shape index (κ2) is 5.68. The van der Waals surface area contributed by atoms with E-state index >= 15 is 0 Å². The minimum absolute atomic E-state index is 0.230. The van der Waals surface area contributed by atoms with Gasteiger partial charge in [0.25, 0.3) is 0 Å². The summed E-state index contributed by atoms with van der Waals surface area (Å²) in [5.74, 6) is 0.279. The summed E-state index contributed by atoms with van der Waals surface area (Å²) in [5, 5.41) is 12.1. The van der Waals surface area contributed by atoms with Crippen LogP contribution in [0.25, 0.3) is 11.4 Å². The zero-order valence-corrected chi connectivity index (χ0v) is 10.4. The predicted octanol–water partition coefficient (Wildman–Crippen LogP) is 1.82. The molecule has 0 bridgehead atoms. The Bertz CT molecular complexity index is 527. The maximum absolute atomic E-state index is 13.1. The van der Waals surface area contributed by atoms with E-state index in [4.69, 9.17) is 4.74 Å². The summed E-state index contributed by atoms with van der Waals surface area (Å²) in [7, 11) is 1.65. The highest BCUT2D eigenvalue weighted by Crippen LogP contribution is 2.17. The molecule has 0 aliphatic carbocycles. The van der Waals surface area contributed by atoms with E-state index in [1.165, 1.54) is 10.9 Å². The Labute approximate surface area is 105 Å². The number of halogens is 1. The monoisotopic (exact) mass is 250 g/mol. The lowest BCUT2D eigenvalue weighted by Crippen LogP contribution is -2.05. The van der Waals surface area contributed by atoms with Crippen LogP contribution in [0.4, 0.5) is 4.39 Å². The van der Waals surface area contributed by atoms with Gasteiger partial charge in [-0.15, -0.1) is 10.2 Å². The maximum atomic E-state index is 13.1. The summed E-state index contributed by atoms with van der Waals surface area (Å²) < 4.78 is 18.1. The number of aromatic nitrogens is 4. The van der Waals surface area contributed by atoms with Crippen LogP contribution in [0.2, 0.25) is 0 Å². The van der Waals surface area contributed by atoms with Crippen LogP contribution in [-0.2, 0) is 11.3 Å². The second-order valence-corrected chi connectivity index (χ2v) is 4.02. The molecule has 5 nitrogen and oxygen atoms in total. The fourth-order valence-electron chi connectivity index (χ4n) is 1.59. The molecular weight excluding hydrogens is 235 g/mol. The van der Waals surface area contributed by atoms with Crippen LogP contribution >= 0.6 is 0 Å². The Morgan fingerprint density at radius 2 is 2.22 bits per heavy atom. The van der Waals surface area contributed by atoms with Gasteiger partial charge in [0, 0.05) is 19.3 Å². The van der Waals surface area contributed by atoms with Crippen molar-refractivity contribution in [1.29, 1.82) is 0 Å². The molecule has 1 aromatic heterocycles. The fraction of sp³-hybridized carbons (Fsp3) is 0.417. The van der Waals surface area contributed by atoms with Gasteiger partial charge in [-0.1, -0.05) is 0 Å². The lowest BCUT2D eigenvalue weighted by atomic mass is 10.1. The van der Waals surface area contributed by atoms with E-state index in [1.54, 1.807) is 26.2 Å². The van der Waals surface area contributed by atoms with Crippen molar-refractivity contribution in [3.63, 3.8) is 0 Å². The molecule has 0 radical (unpaired) electrons. The van der Waals surface area contributed by atoms with Crippen molar-refractivity contribution in [1.82, 2.24) is 20.2 Å². The first-order valence-corrected chi connectivity index (χ1v) is 5.74. The fourth-order valence-corrected chi connectivity index (χ4v) is 1.59. The summed E-state index contributed by atoms with van der Waals surface area (Å²) >= 11 is 0. The molecule has 96 valence electrons. The number of benzene rings is 1. The Morgan fingerprint density at radius 3 is 2.94 bits per heavy atom. The summed E-state index contributed by atoms with van der Waals surface area (Å²) in [6, 6.07) is 4.78. The van der Waals surface area contributed by atoms with Crippen molar-refractivity contribution >= 4 is 0 Å². The molecular formula is C12H15FN4O. The van der Waals surface area contributed by atoms with Crippen LogP contribution < -0.4 is 0 Å². The van der Waals surface area contributed by atoms with Crippen molar-refractivity contribution in [2.24, 2.45) is 0 Å². The molecule has 0 saturated heterocycles. The molecule has 0 unspecified atom stereocenters. The van der Waals surface area contributed by atoms with E-state index < -0.39 is 0 Å². The zero-order chi connectivity index (χ0) is 13.0. The zero-order valence-electron chi connectivity index (χ0n) is 10.4. The molecule has 0 aliphatic rings. The molecule has 0 amide bonds. The van der Waals surface area contributed by atoms with E-state index in [2.05, 4.69) is 15.4 Å². The van der Waals surface area contributed by atoms with E-state index in [-0.39, 0.29) is 5.82 Å². The highest BCUT2D eigenvalue weighted by molar-refractivity contribution is 5.54. The molecule has 0 spiro atoms. The third kappa shape index (κ3) is 2.89. The van der Waals surface area contributed by atoms with Gasteiger partial charge >= 0.3 is 0 Å². The first-order chi connectivity index (χ1) is 8.70. The third-order valence-corrected chi connectivity index (χ3v) is 2.58.